The zero-order valence-corrected chi connectivity index (χ0v) is 17.5. The van der Waals surface area contributed by atoms with E-state index < -0.39 is 10.0 Å². The van der Waals surface area contributed by atoms with E-state index in [4.69, 9.17) is 0 Å². The highest BCUT2D eigenvalue weighted by Crippen LogP contribution is 2.22. The molecule has 0 aliphatic carbocycles. The zero-order valence-electron chi connectivity index (χ0n) is 15.9. The van der Waals surface area contributed by atoms with Gasteiger partial charge in [0, 0.05) is 11.3 Å². The lowest BCUT2D eigenvalue weighted by molar-refractivity contribution is 0.0940. The number of carbonyl (C=O) groups excluding carboxylic acids is 1. The van der Waals surface area contributed by atoms with Crippen LogP contribution >= 0.6 is 11.3 Å². The number of aryl methyl sites for hydroxylation is 2. The Morgan fingerprint density at radius 2 is 1.75 bits per heavy atom. The number of benzene rings is 2. The maximum absolute atomic E-state index is 12.6. The van der Waals surface area contributed by atoms with Crippen LogP contribution in [0.25, 0.3) is 0 Å². The number of sulfonamides is 1. The molecule has 0 saturated heterocycles. The van der Waals surface area contributed by atoms with Crippen molar-refractivity contribution in [3.05, 3.63) is 82.2 Å². The van der Waals surface area contributed by atoms with Crippen molar-refractivity contribution < 1.29 is 13.2 Å². The van der Waals surface area contributed by atoms with E-state index in [2.05, 4.69) is 16.1 Å². The van der Waals surface area contributed by atoms with Gasteiger partial charge in [0.1, 0.15) is 4.21 Å². The fourth-order valence-corrected chi connectivity index (χ4v) is 4.95. The van der Waals surface area contributed by atoms with Gasteiger partial charge in [-0.2, -0.15) is 0 Å². The number of thiophene rings is 1. The minimum Gasteiger partial charge on any atom is -0.346 e. The molecule has 0 fully saturated rings. The summed E-state index contributed by atoms with van der Waals surface area (Å²) in [5, 5.41) is 4.70. The molecule has 2 aromatic carbocycles. The Labute approximate surface area is 169 Å². The van der Waals surface area contributed by atoms with Crippen molar-refractivity contribution in [3.63, 3.8) is 0 Å². The van der Waals surface area contributed by atoms with Gasteiger partial charge >= 0.3 is 0 Å². The molecule has 5 nitrogen and oxygen atoms in total. The first-order chi connectivity index (χ1) is 13.3. The molecule has 0 bridgehead atoms. The first-order valence-electron chi connectivity index (χ1n) is 8.80. The first-order valence-corrected chi connectivity index (χ1v) is 11.2. The summed E-state index contributed by atoms with van der Waals surface area (Å²) in [5.41, 5.74) is 4.22. The van der Waals surface area contributed by atoms with Gasteiger partial charge in [-0.25, -0.2) is 8.42 Å². The van der Waals surface area contributed by atoms with Crippen molar-refractivity contribution in [1.29, 1.82) is 0 Å². The average Bonchev–Trinajstić information content (AvgIpc) is 3.19. The molecule has 3 rings (SSSR count). The molecular weight excluding hydrogens is 392 g/mol. The van der Waals surface area contributed by atoms with E-state index in [1.165, 1.54) is 0 Å². The van der Waals surface area contributed by atoms with Gasteiger partial charge in [-0.3, -0.25) is 9.52 Å². The number of amides is 1. The molecule has 0 aliphatic rings. The van der Waals surface area contributed by atoms with E-state index in [1.54, 1.807) is 41.8 Å². The number of hydrogen-bond donors (Lipinski definition) is 2. The summed E-state index contributed by atoms with van der Waals surface area (Å²) in [4.78, 5) is 12.6. The summed E-state index contributed by atoms with van der Waals surface area (Å²) in [7, 11) is -3.60. The lowest BCUT2D eigenvalue weighted by atomic mass is 9.99. The second-order valence-electron chi connectivity index (χ2n) is 6.67. The quantitative estimate of drug-likeness (QED) is 0.616. The Morgan fingerprint density at radius 1 is 1.04 bits per heavy atom. The predicted molar refractivity (Wildman–Crippen MR) is 113 cm³/mol. The normalized spacial score (nSPS) is 12.4. The maximum Gasteiger partial charge on any atom is 0.271 e. The van der Waals surface area contributed by atoms with E-state index in [9.17, 15) is 13.2 Å². The van der Waals surface area contributed by atoms with E-state index in [0.717, 1.165) is 28.0 Å². The monoisotopic (exact) mass is 414 g/mol. The number of nitrogens with one attached hydrogen (secondary N) is 2. The highest BCUT2D eigenvalue weighted by molar-refractivity contribution is 7.94. The summed E-state index contributed by atoms with van der Waals surface area (Å²) < 4.78 is 27.3. The van der Waals surface area contributed by atoms with Crippen LogP contribution in [0.15, 0.2) is 64.2 Å². The lowest BCUT2D eigenvalue weighted by Gasteiger charge is -2.17. The molecule has 28 heavy (non-hydrogen) atoms. The molecular formula is C21H22N2O3S2. The topological polar surface area (TPSA) is 75.3 Å². The molecule has 7 heteroatoms. The van der Waals surface area contributed by atoms with Crippen LogP contribution < -0.4 is 10.0 Å². The van der Waals surface area contributed by atoms with Gasteiger partial charge in [0.15, 0.2) is 0 Å². The minimum absolute atomic E-state index is 0.135. The van der Waals surface area contributed by atoms with Crippen LogP contribution in [0.1, 0.15) is 40.0 Å². The zero-order chi connectivity index (χ0) is 20.3. The highest BCUT2D eigenvalue weighted by atomic mass is 32.2. The minimum atomic E-state index is -3.60. The van der Waals surface area contributed by atoms with Crippen LogP contribution in [0.3, 0.4) is 0 Å². The molecule has 0 unspecified atom stereocenters. The second kappa shape index (κ2) is 8.16. The third-order valence-electron chi connectivity index (χ3n) is 4.41. The third kappa shape index (κ3) is 4.61. The maximum atomic E-state index is 12.6. The first kappa shape index (κ1) is 20.1. The van der Waals surface area contributed by atoms with Gasteiger partial charge in [0.05, 0.1) is 6.04 Å². The van der Waals surface area contributed by atoms with Crippen LogP contribution in [0.2, 0.25) is 0 Å². The molecule has 3 aromatic rings. The van der Waals surface area contributed by atoms with E-state index in [0.29, 0.717) is 11.3 Å². The van der Waals surface area contributed by atoms with E-state index >= 15 is 0 Å². The number of carbonyl (C=O) groups is 1. The van der Waals surface area contributed by atoms with Crippen molar-refractivity contribution in [2.45, 2.75) is 31.0 Å². The molecule has 2 N–H and O–H groups in total. The molecule has 1 amide bonds. The number of hydrogen-bond acceptors (Lipinski definition) is 4. The van der Waals surface area contributed by atoms with Gasteiger partial charge in [0.2, 0.25) is 0 Å². The van der Waals surface area contributed by atoms with Gasteiger partial charge in [-0.1, -0.05) is 29.8 Å². The van der Waals surface area contributed by atoms with Gasteiger partial charge in [-0.05, 0) is 67.6 Å². The second-order valence-corrected chi connectivity index (χ2v) is 9.53. The molecule has 1 heterocycles. The van der Waals surface area contributed by atoms with E-state index in [1.807, 2.05) is 32.9 Å². The Morgan fingerprint density at radius 3 is 2.39 bits per heavy atom. The van der Waals surface area contributed by atoms with Crippen molar-refractivity contribution in [2.24, 2.45) is 0 Å². The summed E-state index contributed by atoms with van der Waals surface area (Å²) in [6, 6.07) is 15.6. The lowest BCUT2D eigenvalue weighted by Crippen LogP contribution is -2.27. The Kier molecular flexibility index (Phi) is 5.86. The van der Waals surface area contributed by atoms with Gasteiger partial charge < -0.3 is 5.32 Å². The Hall–Kier alpha value is -2.64. The van der Waals surface area contributed by atoms with Gasteiger partial charge in [-0.15, -0.1) is 11.3 Å². The molecule has 1 aromatic heterocycles. The molecule has 0 radical (unpaired) electrons. The summed E-state index contributed by atoms with van der Waals surface area (Å²) in [6.07, 6.45) is 0. The third-order valence-corrected chi connectivity index (χ3v) is 7.19. The van der Waals surface area contributed by atoms with Gasteiger partial charge in [0.25, 0.3) is 15.9 Å². The summed E-state index contributed by atoms with van der Waals surface area (Å²) in [6.45, 7) is 5.99. The van der Waals surface area contributed by atoms with Crippen LogP contribution in [-0.4, -0.2) is 14.3 Å². The Balaban J connectivity index is 1.69. The highest BCUT2D eigenvalue weighted by Gasteiger charge is 2.16. The molecule has 0 spiro atoms. The van der Waals surface area contributed by atoms with Crippen LogP contribution in [0.5, 0.6) is 0 Å². The molecule has 0 saturated carbocycles. The van der Waals surface area contributed by atoms with Crippen LogP contribution in [0.4, 0.5) is 5.69 Å². The van der Waals surface area contributed by atoms with Crippen molar-refractivity contribution in [2.75, 3.05) is 4.72 Å². The number of rotatable bonds is 6. The van der Waals surface area contributed by atoms with Crippen LogP contribution in [0, 0.1) is 13.8 Å². The van der Waals surface area contributed by atoms with Crippen molar-refractivity contribution >= 4 is 33.0 Å². The largest absolute Gasteiger partial charge is 0.346 e. The summed E-state index contributed by atoms with van der Waals surface area (Å²) in [5.74, 6) is -0.207. The van der Waals surface area contributed by atoms with Crippen LogP contribution in [-0.2, 0) is 10.0 Å². The fraction of sp³-hybridized carbons (Fsp3) is 0.190. The van der Waals surface area contributed by atoms with E-state index in [-0.39, 0.29) is 16.2 Å². The van der Waals surface area contributed by atoms with Crippen molar-refractivity contribution in [3.8, 4) is 0 Å². The standard InChI is InChI=1S/C21H22N2O3S2/c1-14-6-7-15(2)19(13-14)16(3)22-21(24)17-8-10-18(11-9-17)23-28(25,26)20-5-4-12-27-20/h4-13,16,23H,1-3H3,(H,22,24)/t16-/m1/s1. The molecule has 1 atom stereocenters. The molecule has 146 valence electrons. The average molecular weight is 415 g/mol. The summed E-state index contributed by atoms with van der Waals surface area (Å²) >= 11 is 1.15. The van der Waals surface area contributed by atoms with Crippen molar-refractivity contribution in [1.82, 2.24) is 5.32 Å². The number of anilines is 1. The Bertz CT molecular complexity index is 1070. The smallest absolute Gasteiger partial charge is 0.271 e. The molecule has 0 aliphatic heterocycles. The SMILES string of the molecule is Cc1ccc(C)c([C@@H](C)NC(=O)c2ccc(NS(=O)(=O)c3cccs3)cc2)c1. The predicted octanol–water partition coefficient (Wildman–Crippen LogP) is 4.66. The fourth-order valence-electron chi connectivity index (χ4n) is 2.90.